The van der Waals surface area contributed by atoms with Crippen LogP contribution in [0.4, 0.5) is 0 Å². The van der Waals surface area contributed by atoms with Crippen molar-refractivity contribution in [3.05, 3.63) is 21.7 Å². The van der Waals surface area contributed by atoms with E-state index in [2.05, 4.69) is 29.8 Å². The predicted molar refractivity (Wildman–Crippen MR) is 74.7 cm³/mol. The Labute approximate surface area is 116 Å². The van der Waals surface area contributed by atoms with Gasteiger partial charge in [-0.2, -0.15) is 0 Å². The van der Waals surface area contributed by atoms with E-state index in [9.17, 15) is 5.11 Å². The molecule has 1 unspecified atom stereocenters. The van der Waals surface area contributed by atoms with E-state index in [4.69, 9.17) is 9.47 Å². The van der Waals surface area contributed by atoms with Crippen molar-refractivity contribution in [1.82, 2.24) is 0 Å². The summed E-state index contributed by atoms with van der Waals surface area (Å²) in [7, 11) is 0. The summed E-state index contributed by atoms with van der Waals surface area (Å²) in [6.45, 7) is 7.58. The Kier molecular flexibility index (Phi) is 4.17. The number of aliphatic hydroxyl groups excluding tert-OH is 1. The molecule has 2 rings (SSSR count). The van der Waals surface area contributed by atoms with Crippen LogP contribution in [-0.2, 0) is 0 Å². The van der Waals surface area contributed by atoms with E-state index >= 15 is 0 Å². The highest BCUT2D eigenvalue weighted by atomic mass is 79.9. The predicted octanol–water partition coefficient (Wildman–Crippen LogP) is 3.44. The Morgan fingerprint density at radius 2 is 1.83 bits per heavy atom. The van der Waals surface area contributed by atoms with Crippen molar-refractivity contribution >= 4 is 15.9 Å². The lowest BCUT2D eigenvalue weighted by Crippen LogP contribution is -2.19. The molecule has 1 aliphatic rings. The van der Waals surface area contributed by atoms with Crippen LogP contribution in [-0.4, -0.2) is 24.9 Å². The third kappa shape index (κ3) is 2.36. The standard InChI is InChI=1S/C14H19BrO3/c1-8(2)12-10(9(3)7-16)6-11(15)13-14(12)18-5-4-17-13/h6,8-9,16H,4-5,7H2,1-3H3. The summed E-state index contributed by atoms with van der Waals surface area (Å²) in [5.41, 5.74) is 2.28. The van der Waals surface area contributed by atoms with Crippen LogP contribution in [0.15, 0.2) is 10.5 Å². The number of ether oxygens (including phenoxy) is 2. The Balaban J connectivity index is 2.63. The smallest absolute Gasteiger partial charge is 0.175 e. The second-order valence-electron chi connectivity index (χ2n) is 4.95. The minimum atomic E-state index is 0.0922. The topological polar surface area (TPSA) is 38.7 Å². The number of hydrogen-bond donors (Lipinski definition) is 1. The van der Waals surface area contributed by atoms with Crippen LogP contribution in [0.1, 0.15) is 43.7 Å². The van der Waals surface area contributed by atoms with Gasteiger partial charge in [0, 0.05) is 18.1 Å². The lowest BCUT2D eigenvalue weighted by Gasteiger charge is -2.27. The monoisotopic (exact) mass is 314 g/mol. The molecule has 0 fully saturated rings. The normalized spacial score (nSPS) is 15.9. The van der Waals surface area contributed by atoms with Crippen LogP contribution in [0.25, 0.3) is 0 Å². The third-order valence-electron chi connectivity index (χ3n) is 3.22. The molecule has 0 spiro atoms. The molecule has 18 heavy (non-hydrogen) atoms. The van der Waals surface area contributed by atoms with Crippen molar-refractivity contribution in [3.63, 3.8) is 0 Å². The van der Waals surface area contributed by atoms with Crippen molar-refractivity contribution in [2.75, 3.05) is 19.8 Å². The van der Waals surface area contributed by atoms with Gasteiger partial charge in [-0.15, -0.1) is 0 Å². The van der Waals surface area contributed by atoms with Crippen LogP contribution in [0.3, 0.4) is 0 Å². The highest BCUT2D eigenvalue weighted by molar-refractivity contribution is 9.10. The van der Waals surface area contributed by atoms with E-state index in [1.807, 2.05) is 13.0 Å². The molecule has 3 nitrogen and oxygen atoms in total. The molecule has 1 aromatic carbocycles. The zero-order valence-electron chi connectivity index (χ0n) is 11.0. The second-order valence-corrected chi connectivity index (χ2v) is 5.81. The van der Waals surface area contributed by atoms with E-state index in [1.54, 1.807) is 0 Å². The van der Waals surface area contributed by atoms with Gasteiger partial charge in [0.1, 0.15) is 13.2 Å². The van der Waals surface area contributed by atoms with Gasteiger partial charge in [-0.3, -0.25) is 0 Å². The summed E-state index contributed by atoms with van der Waals surface area (Å²) >= 11 is 3.53. The highest BCUT2D eigenvalue weighted by Gasteiger charge is 2.26. The Bertz CT molecular complexity index is 443. The largest absolute Gasteiger partial charge is 0.486 e. The Morgan fingerprint density at radius 3 is 2.39 bits per heavy atom. The molecule has 0 amide bonds. The number of aliphatic hydroxyl groups is 1. The van der Waals surface area contributed by atoms with Gasteiger partial charge < -0.3 is 14.6 Å². The fourth-order valence-electron chi connectivity index (χ4n) is 2.31. The molecular weight excluding hydrogens is 296 g/mol. The minimum Gasteiger partial charge on any atom is -0.486 e. The fourth-order valence-corrected chi connectivity index (χ4v) is 2.85. The maximum atomic E-state index is 9.40. The summed E-state index contributed by atoms with van der Waals surface area (Å²) in [6, 6.07) is 2.05. The van der Waals surface area contributed by atoms with Crippen molar-refractivity contribution in [2.24, 2.45) is 0 Å². The highest BCUT2D eigenvalue weighted by Crippen LogP contribution is 2.46. The second kappa shape index (κ2) is 5.49. The number of rotatable bonds is 3. The molecule has 1 N–H and O–H groups in total. The van der Waals surface area contributed by atoms with Gasteiger partial charge >= 0.3 is 0 Å². The summed E-state index contributed by atoms with van der Waals surface area (Å²) < 4.78 is 12.4. The molecule has 1 aromatic rings. The van der Waals surface area contributed by atoms with Gasteiger partial charge in [0.05, 0.1) is 4.47 Å². The fraction of sp³-hybridized carbons (Fsp3) is 0.571. The Hall–Kier alpha value is -0.740. The average Bonchev–Trinajstić information content (AvgIpc) is 2.37. The lowest BCUT2D eigenvalue weighted by atomic mass is 9.89. The van der Waals surface area contributed by atoms with Crippen LogP contribution < -0.4 is 9.47 Å². The van der Waals surface area contributed by atoms with E-state index in [-0.39, 0.29) is 12.5 Å². The zero-order chi connectivity index (χ0) is 13.3. The summed E-state index contributed by atoms with van der Waals surface area (Å²) in [4.78, 5) is 0. The number of fused-ring (bicyclic) bond motifs is 1. The number of halogens is 1. The average molecular weight is 315 g/mol. The summed E-state index contributed by atoms with van der Waals surface area (Å²) in [5, 5.41) is 9.40. The van der Waals surface area contributed by atoms with Crippen molar-refractivity contribution in [1.29, 1.82) is 0 Å². The Morgan fingerprint density at radius 1 is 1.22 bits per heavy atom. The first-order valence-corrected chi connectivity index (χ1v) is 7.08. The molecule has 1 heterocycles. The SMILES string of the molecule is CC(C)c1c(C(C)CO)cc(Br)c2c1OCCO2. The molecule has 100 valence electrons. The summed E-state index contributed by atoms with van der Waals surface area (Å²) in [6.07, 6.45) is 0. The molecule has 0 radical (unpaired) electrons. The maximum absolute atomic E-state index is 9.40. The van der Waals surface area contributed by atoms with Crippen LogP contribution in [0.2, 0.25) is 0 Å². The maximum Gasteiger partial charge on any atom is 0.175 e. The van der Waals surface area contributed by atoms with E-state index in [0.717, 1.165) is 27.1 Å². The molecule has 0 saturated carbocycles. The van der Waals surface area contributed by atoms with Crippen LogP contribution >= 0.6 is 15.9 Å². The van der Waals surface area contributed by atoms with Gasteiger partial charge in [-0.1, -0.05) is 20.8 Å². The van der Waals surface area contributed by atoms with Gasteiger partial charge in [0.15, 0.2) is 11.5 Å². The van der Waals surface area contributed by atoms with Gasteiger partial charge in [0.2, 0.25) is 0 Å². The first-order valence-electron chi connectivity index (χ1n) is 6.29. The zero-order valence-corrected chi connectivity index (χ0v) is 12.6. The number of hydrogen-bond acceptors (Lipinski definition) is 3. The molecule has 0 bridgehead atoms. The molecule has 1 atom stereocenters. The molecular formula is C14H19BrO3. The van der Waals surface area contributed by atoms with E-state index in [1.165, 1.54) is 0 Å². The van der Waals surface area contributed by atoms with Crippen molar-refractivity contribution < 1.29 is 14.6 Å². The van der Waals surface area contributed by atoms with Gasteiger partial charge in [-0.25, -0.2) is 0 Å². The quantitative estimate of drug-likeness (QED) is 0.928. The molecule has 4 heteroatoms. The van der Waals surface area contributed by atoms with Gasteiger partial charge in [0.25, 0.3) is 0 Å². The molecule has 1 aliphatic heterocycles. The van der Waals surface area contributed by atoms with Crippen molar-refractivity contribution in [3.8, 4) is 11.5 Å². The molecule has 0 saturated heterocycles. The van der Waals surface area contributed by atoms with Gasteiger partial charge in [-0.05, 0) is 33.5 Å². The van der Waals surface area contributed by atoms with E-state index in [0.29, 0.717) is 19.1 Å². The van der Waals surface area contributed by atoms with E-state index < -0.39 is 0 Å². The first-order chi connectivity index (χ1) is 8.56. The third-order valence-corrected chi connectivity index (χ3v) is 3.81. The lowest BCUT2D eigenvalue weighted by molar-refractivity contribution is 0.167. The van der Waals surface area contributed by atoms with Crippen molar-refractivity contribution in [2.45, 2.75) is 32.6 Å². The molecule has 0 aliphatic carbocycles. The first kappa shape index (κ1) is 13.7. The minimum absolute atomic E-state index is 0.0922. The summed E-state index contributed by atoms with van der Waals surface area (Å²) in [5.74, 6) is 2.05. The number of benzene rings is 1. The van der Waals surface area contributed by atoms with Crippen LogP contribution in [0, 0.1) is 0 Å². The molecule has 0 aromatic heterocycles. The van der Waals surface area contributed by atoms with Crippen LogP contribution in [0.5, 0.6) is 11.5 Å².